The molecule has 9 nitrogen and oxygen atoms in total. The highest BCUT2D eigenvalue weighted by atomic mass is 16.5. The van der Waals surface area contributed by atoms with Gasteiger partial charge in [-0.3, -0.25) is 0 Å². The van der Waals surface area contributed by atoms with Gasteiger partial charge >= 0.3 is 0 Å². The number of anilines is 1. The molecule has 0 unspecified atom stereocenters. The Labute approximate surface area is 157 Å². The smallest absolute Gasteiger partial charge is 0.167 e. The number of hydrogen-bond donors (Lipinski definition) is 4. The van der Waals surface area contributed by atoms with Gasteiger partial charge in [0.15, 0.2) is 5.65 Å². The molecule has 2 aromatic heterocycles. The fourth-order valence-corrected chi connectivity index (χ4v) is 3.03. The number of nitrogens with one attached hydrogen (secondary N) is 3. The molecular formula is C18H24N8O. The number of ether oxygens (including phenoxy) is 1. The number of pyridine rings is 1. The molecule has 3 rings (SSSR count). The van der Waals surface area contributed by atoms with Gasteiger partial charge in [0.1, 0.15) is 17.1 Å². The van der Waals surface area contributed by atoms with Crippen LogP contribution in [0.2, 0.25) is 0 Å². The lowest BCUT2D eigenvalue weighted by molar-refractivity contribution is 0.144. The van der Waals surface area contributed by atoms with Crippen molar-refractivity contribution in [3.63, 3.8) is 0 Å². The largest absolute Gasteiger partial charge is 0.384 e. The number of nitrogens with zero attached hydrogens (tertiary/aromatic N) is 4. The van der Waals surface area contributed by atoms with Crippen molar-refractivity contribution in [2.24, 2.45) is 5.73 Å². The maximum absolute atomic E-state index is 9.77. The van der Waals surface area contributed by atoms with Gasteiger partial charge in [0.25, 0.3) is 0 Å². The van der Waals surface area contributed by atoms with E-state index in [1.54, 1.807) is 6.20 Å². The number of hydrogen-bond acceptors (Lipinski definition) is 8. The fourth-order valence-electron chi connectivity index (χ4n) is 3.03. The van der Waals surface area contributed by atoms with E-state index in [9.17, 15) is 5.26 Å². The van der Waals surface area contributed by atoms with Crippen molar-refractivity contribution in [3.05, 3.63) is 23.9 Å². The number of allylic oxidation sites excluding steroid dienone is 1. The maximum atomic E-state index is 9.77. The van der Waals surface area contributed by atoms with Gasteiger partial charge in [0.05, 0.1) is 18.9 Å². The van der Waals surface area contributed by atoms with E-state index >= 15 is 0 Å². The van der Waals surface area contributed by atoms with Crippen molar-refractivity contribution in [2.75, 3.05) is 38.2 Å². The summed E-state index contributed by atoms with van der Waals surface area (Å²) in [7, 11) is 0. The Morgan fingerprint density at radius 3 is 3.00 bits per heavy atom. The summed E-state index contributed by atoms with van der Waals surface area (Å²) in [6.07, 6.45) is 5.19. The van der Waals surface area contributed by atoms with Crippen LogP contribution in [0.5, 0.6) is 0 Å². The quantitative estimate of drug-likeness (QED) is 0.383. The van der Waals surface area contributed by atoms with Gasteiger partial charge in [-0.15, -0.1) is 0 Å². The van der Waals surface area contributed by atoms with E-state index < -0.39 is 5.41 Å². The zero-order chi connectivity index (χ0) is 19.3. The summed E-state index contributed by atoms with van der Waals surface area (Å²) in [4.78, 5) is 4.63. The molecule has 142 valence electrons. The van der Waals surface area contributed by atoms with Gasteiger partial charge in [-0.2, -0.15) is 15.0 Å². The van der Waals surface area contributed by atoms with E-state index in [-0.39, 0.29) is 0 Å². The fraction of sp³-hybridized carbons (Fsp3) is 0.444. The van der Waals surface area contributed by atoms with Crippen LogP contribution in [-0.2, 0) is 10.2 Å². The van der Waals surface area contributed by atoms with E-state index in [0.29, 0.717) is 43.5 Å². The highest BCUT2D eigenvalue weighted by Crippen LogP contribution is 2.35. The molecule has 27 heavy (non-hydrogen) atoms. The molecule has 1 fully saturated rings. The number of aromatic nitrogens is 3. The Bertz CT molecular complexity index is 891. The van der Waals surface area contributed by atoms with E-state index in [0.717, 1.165) is 30.2 Å². The summed E-state index contributed by atoms with van der Waals surface area (Å²) < 4.78 is 6.98. The lowest BCUT2D eigenvalue weighted by Gasteiger charge is -2.37. The van der Waals surface area contributed by atoms with Gasteiger partial charge in [0.2, 0.25) is 0 Å². The zero-order valence-corrected chi connectivity index (χ0v) is 15.3. The van der Waals surface area contributed by atoms with E-state index in [1.807, 2.05) is 6.07 Å². The summed E-state index contributed by atoms with van der Waals surface area (Å²) >= 11 is 0. The van der Waals surface area contributed by atoms with Crippen LogP contribution in [0.1, 0.15) is 18.9 Å². The molecule has 9 heteroatoms. The molecule has 1 aliphatic rings. The van der Waals surface area contributed by atoms with Gasteiger partial charge in [-0.05, 0) is 24.1 Å². The molecule has 0 radical (unpaired) electrons. The standard InChI is InChI=1S/C18H24N8O/c1-2-6-27-7-5-23-16-8-14(18(10-20)11-22-12-18)13-9-24-26(17(13)25-16)15(21)3-4-19/h3-4,8-9,19,22H,2,5-7,11-12,21H2,1H3,(H,23,25). The molecule has 0 saturated carbocycles. The Kier molecular flexibility index (Phi) is 5.69. The van der Waals surface area contributed by atoms with Crippen molar-refractivity contribution in [2.45, 2.75) is 18.8 Å². The normalized spacial score (nSPS) is 15.9. The van der Waals surface area contributed by atoms with E-state index in [1.165, 1.54) is 10.8 Å². The van der Waals surface area contributed by atoms with Crippen LogP contribution in [0, 0.1) is 16.7 Å². The molecule has 1 aliphatic heterocycles. The molecule has 0 aliphatic carbocycles. The van der Waals surface area contributed by atoms with E-state index in [4.69, 9.17) is 15.9 Å². The number of fused-ring (bicyclic) bond motifs is 1. The van der Waals surface area contributed by atoms with Crippen LogP contribution >= 0.6 is 0 Å². The third kappa shape index (κ3) is 3.63. The van der Waals surface area contributed by atoms with Gasteiger partial charge < -0.3 is 26.5 Å². The van der Waals surface area contributed by atoms with Crippen molar-refractivity contribution < 1.29 is 4.74 Å². The van der Waals surface area contributed by atoms with Crippen molar-refractivity contribution >= 4 is 28.9 Å². The Balaban J connectivity index is 2.00. The first-order valence-corrected chi connectivity index (χ1v) is 8.94. The lowest BCUT2D eigenvalue weighted by atomic mass is 9.76. The Morgan fingerprint density at radius 2 is 2.37 bits per heavy atom. The topological polar surface area (TPSA) is 138 Å². The summed E-state index contributed by atoms with van der Waals surface area (Å²) in [6.45, 7) is 5.13. The maximum Gasteiger partial charge on any atom is 0.167 e. The molecule has 0 aromatic carbocycles. The summed E-state index contributed by atoms with van der Waals surface area (Å²) in [5, 5.41) is 28.5. The van der Waals surface area contributed by atoms with Crippen LogP contribution in [0.3, 0.4) is 0 Å². The number of rotatable bonds is 9. The molecule has 5 N–H and O–H groups in total. The highest BCUT2D eigenvalue weighted by Gasteiger charge is 2.41. The molecule has 0 amide bonds. The molecule has 0 spiro atoms. The predicted octanol–water partition coefficient (Wildman–Crippen LogP) is 1.04. The monoisotopic (exact) mass is 368 g/mol. The van der Waals surface area contributed by atoms with Crippen molar-refractivity contribution in [3.8, 4) is 6.07 Å². The van der Waals surface area contributed by atoms with Crippen LogP contribution in [0.4, 0.5) is 5.82 Å². The first kappa shape index (κ1) is 18.8. The average molecular weight is 368 g/mol. The van der Waals surface area contributed by atoms with Crippen LogP contribution in [-0.4, -0.2) is 53.8 Å². The minimum absolute atomic E-state index is 0.291. The van der Waals surface area contributed by atoms with E-state index in [2.05, 4.69) is 33.7 Å². The summed E-state index contributed by atoms with van der Waals surface area (Å²) in [5.74, 6) is 0.933. The Hall–Kier alpha value is -2.96. The van der Waals surface area contributed by atoms with Crippen LogP contribution in [0.15, 0.2) is 18.3 Å². The van der Waals surface area contributed by atoms with Gasteiger partial charge in [-0.1, -0.05) is 6.92 Å². The molecule has 0 bridgehead atoms. The molecule has 0 atom stereocenters. The second kappa shape index (κ2) is 8.16. The average Bonchev–Trinajstić information content (AvgIpc) is 3.05. The zero-order valence-electron chi connectivity index (χ0n) is 15.3. The van der Waals surface area contributed by atoms with Crippen LogP contribution in [0.25, 0.3) is 16.9 Å². The number of nitrogens with two attached hydrogens (primary N) is 1. The Morgan fingerprint density at radius 1 is 1.56 bits per heavy atom. The summed E-state index contributed by atoms with van der Waals surface area (Å²) in [5.41, 5.74) is 6.84. The second-order valence-corrected chi connectivity index (χ2v) is 6.44. The minimum Gasteiger partial charge on any atom is -0.384 e. The number of nitriles is 1. The van der Waals surface area contributed by atoms with Crippen molar-refractivity contribution in [1.29, 1.82) is 10.7 Å². The first-order chi connectivity index (χ1) is 13.1. The third-order valence-corrected chi connectivity index (χ3v) is 4.52. The molecule has 2 aromatic rings. The van der Waals surface area contributed by atoms with Gasteiger partial charge in [-0.25, -0.2) is 4.98 Å². The predicted molar refractivity (Wildman–Crippen MR) is 105 cm³/mol. The third-order valence-electron chi connectivity index (χ3n) is 4.52. The molecule has 1 saturated heterocycles. The van der Waals surface area contributed by atoms with Crippen LogP contribution < -0.4 is 16.4 Å². The van der Waals surface area contributed by atoms with Gasteiger partial charge in [0, 0.05) is 37.8 Å². The molecular weight excluding hydrogens is 344 g/mol. The SMILES string of the molecule is CCCOCCNc1cc(C2(C#N)CNC2)c2cnn(C(N)=CC=N)c2n1. The summed E-state index contributed by atoms with van der Waals surface area (Å²) in [6, 6.07) is 4.35. The highest BCUT2D eigenvalue weighted by molar-refractivity contribution is 5.87. The minimum atomic E-state index is -0.607. The molecule has 3 heterocycles. The first-order valence-electron chi connectivity index (χ1n) is 8.94. The van der Waals surface area contributed by atoms with Crippen molar-refractivity contribution in [1.82, 2.24) is 20.1 Å². The second-order valence-electron chi connectivity index (χ2n) is 6.44. The lowest BCUT2D eigenvalue weighted by Crippen LogP contribution is -2.56.